The molecule has 0 bridgehead atoms. The Morgan fingerprint density at radius 1 is 1.00 bits per heavy atom. The zero-order valence-corrected chi connectivity index (χ0v) is 9.81. The van der Waals surface area contributed by atoms with Gasteiger partial charge in [0.1, 0.15) is 0 Å². The fourth-order valence-electron chi connectivity index (χ4n) is 0.618. The third kappa shape index (κ3) is 6.69. The van der Waals surface area contributed by atoms with Crippen molar-refractivity contribution < 1.29 is 31.9 Å². The van der Waals surface area contributed by atoms with Crippen LogP contribution in [0.15, 0.2) is 0 Å². The Kier molecular flexibility index (Phi) is 5.41. The highest BCUT2D eigenvalue weighted by Gasteiger charge is 2.51. The van der Waals surface area contributed by atoms with Gasteiger partial charge in [-0.2, -0.15) is 28.1 Å². The molecule has 1 heterocycles. The Bertz CT molecular complexity index is 428. The van der Waals surface area contributed by atoms with Crippen molar-refractivity contribution in [2.75, 3.05) is 17.2 Å². The van der Waals surface area contributed by atoms with Gasteiger partial charge in [-0.05, 0) is 0 Å². The number of hydrogen-bond donors (Lipinski definition) is 5. The van der Waals surface area contributed by atoms with Gasteiger partial charge in [-0.25, -0.2) is 4.39 Å². The van der Waals surface area contributed by atoms with Crippen molar-refractivity contribution in [3.8, 4) is 0 Å². The van der Waals surface area contributed by atoms with Crippen molar-refractivity contribution >= 4 is 25.4 Å². The first-order valence-electron chi connectivity index (χ1n) is 4.12. The van der Waals surface area contributed by atoms with Crippen LogP contribution in [0.2, 0.25) is 0 Å². The highest BCUT2D eigenvalue weighted by Crippen LogP contribution is 2.49. The van der Waals surface area contributed by atoms with E-state index < -0.39 is 19.7 Å². The third-order valence-corrected chi connectivity index (χ3v) is 2.14. The molecule has 9 nitrogen and oxygen atoms in total. The summed E-state index contributed by atoms with van der Waals surface area (Å²) in [6.07, 6.45) is -5.49. The van der Waals surface area contributed by atoms with Gasteiger partial charge in [-0.15, -0.1) is 0 Å². The number of nitrogens with two attached hydrogens (primary N) is 3. The van der Waals surface area contributed by atoms with Crippen LogP contribution in [0.5, 0.6) is 0 Å². The SMILES string of the molecule is Nc1nc(N)nc(N)n1.O=P(O)(O)C(F)C(F)(F)F. The lowest BCUT2D eigenvalue weighted by molar-refractivity contribution is -0.160. The Morgan fingerprint density at radius 2 is 1.26 bits per heavy atom. The predicted molar refractivity (Wildman–Crippen MR) is 56.1 cm³/mol. The smallest absolute Gasteiger partial charge is 0.368 e. The van der Waals surface area contributed by atoms with Crippen molar-refractivity contribution in [3.63, 3.8) is 0 Å². The topological polar surface area (TPSA) is 174 Å². The van der Waals surface area contributed by atoms with Crippen molar-refractivity contribution in [1.82, 2.24) is 15.0 Å². The number of halogens is 4. The zero-order valence-electron chi connectivity index (χ0n) is 8.91. The molecule has 14 heteroatoms. The van der Waals surface area contributed by atoms with E-state index in [0.717, 1.165) is 0 Å². The van der Waals surface area contributed by atoms with Gasteiger partial charge >= 0.3 is 13.8 Å². The minimum atomic E-state index is -5.67. The lowest BCUT2D eigenvalue weighted by Crippen LogP contribution is -2.23. The molecule has 110 valence electrons. The van der Waals surface area contributed by atoms with Crippen LogP contribution in [0.25, 0.3) is 0 Å². The first-order valence-corrected chi connectivity index (χ1v) is 5.80. The second kappa shape index (κ2) is 5.95. The van der Waals surface area contributed by atoms with E-state index >= 15 is 0 Å². The van der Waals surface area contributed by atoms with E-state index in [1.54, 1.807) is 0 Å². The number of hydrogen-bond acceptors (Lipinski definition) is 7. The molecule has 0 spiro atoms. The number of rotatable bonds is 1. The molecule has 1 rings (SSSR count). The van der Waals surface area contributed by atoms with Crippen molar-refractivity contribution in [3.05, 3.63) is 0 Å². The lowest BCUT2D eigenvalue weighted by Gasteiger charge is -2.12. The molecular formula is C5H9F4N6O3P. The minimum absolute atomic E-state index is 0.0417. The zero-order chi connectivity index (χ0) is 15.4. The van der Waals surface area contributed by atoms with E-state index in [9.17, 15) is 22.1 Å². The molecule has 1 aromatic heterocycles. The Hall–Kier alpha value is -1.72. The van der Waals surface area contributed by atoms with E-state index in [4.69, 9.17) is 27.0 Å². The second-order valence-electron chi connectivity index (χ2n) is 2.88. The Morgan fingerprint density at radius 3 is 1.37 bits per heavy atom. The molecular weight excluding hydrogens is 299 g/mol. The maximum Gasteiger partial charge on any atom is 0.431 e. The maximum atomic E-state index is 11.5. The monoisotopic (exact) mass is 308 g/mol. The van der Waals surface area contributed by atoms with E-state index in [2.05, 4.69) is 15.0 Å². The van der Waals surface area contributed by atoms with Gasteiger partial charge < -0.3 is 27.0 Å². The molecule has 1 aromatic rings. The van der Waals surface area contributed by atoms with Gasteiger partial charge in [-0.1, -0.05) is 0 Å². The first-order chi connectivity index (χ1) is 8.34. The molecule has 0 radical (unpaired) electrons. The molecule has 0 fully saturated rings. The highest BCUT2D eigenvalue weighted by molar-refractivity contribution is 7.52. The van der Waals surface area contributed by atoms with Crippen LogP contribution in [0.3, 0.4) is 0 Å². The Labute approximate surface area is 103 Å². The average Bonchev–Trinajstić information content (AvgIpc) is 2.12. The van der Waals surface area contributed by atoms with Crippen LogP contribution >= 0.6 is 7.60 Å². The van der Waals surface area contributed by atoms with Crippen LogP contribution in [-0.4, -0.2) is 36.8 Å². The van der Waals surface area contributed by atoms with Gasteiger partial charge in [0.05, 0.1) is 0 Å². The largest absolute Gasteiger partial charge is 0.431 e. The van der Waals surface area contributed by atoms with Gasteiger partial charge in [0, 0.05) is 0 Å². The molecule has 8 N–H and O–H groups in total. The quantitative estimate of drug-likeness (QED) is 0.342. The van der Waals surface area contributed by atoms with Crippen LogP contribution < -0.4 is 17.2 Å². The van der Waals surface area contributed by atoms with Crippen molar-refractivity contribution in [1.29, 1.82) is 0 Å². The molecule has 1 atom stereocenters. The van der Waals surface area contributed by atoms with Gasteiger partial charge in [-0.3, -0.25) is 4.57 Å². The molecule has 0 saturated heterocycles. The van der Waals surface area contributed by atoms with E-state index in [1.807, 2.05) is 0 Å². The van der Waals surface area contributed by atoms with Crippen LogP contribution in [-0.2, 0) is 4.57 Å². The summed E-state index contributed by atoms with van der Waals surface area (Å²) in [6.45, 7) is 0. The summed E-state index contributed by atoms with van der Waals surface area (Å²) in [6, 6.07) is 0. The van der Waals surface area contributed by atoms with Gasteiger partial charge in [0.25, 0.3) is 5.91 Å². The minimum Gasteiger partial charge on any atom is -0.368 e. The predicted octanol–water partition coefficient (Wildman–Crippen LogP) is -0.360. The fraction of sp³-hybridized carbons (Fsp3) is 0.400. The number of anilines is 3. The number of nitrogens with zero attached hydrogens (tertiary/aromatic N) is 3. The molecule has 0 saturated carbocycles. The molecule has 19 heavy (non-hydrogen) atoms. The van der Waals surface area contributed by atoms with Crippen LogP contribution in [0, 0.1) is 0 Å². The third-order valence-electron chi connectivity index (χ3n) is 1.25. The highest BCUT2D eigenvalue weighted by atomic mass is 31.2. The number of alkyl halides is 4. The summed E-state index contributed by atoms with van der Waals surface area (Å²) >= 11 is 0. The number of aromatic nitrogens is 3. The molecule has 0 aliphatic carbocycles. The van der Waals surface area contributed by atoms with E-state index in [1.165, 1.54) is 0 Å². The normalized spacial score (nSPS) is 13.4. The molecule has 1 unspecified atom stereocenters. The number of nitrogen functional groups attached to an aromatic ring is 3. The summed E-state index contributed by atoms with van der Waals surface area (Å²) in [7, 11) is -5.67. The van der Waals surface area contributed by atoms with Crippen molar-refractivity contribution in [2.24, 2.45) is 0 Å². The first kappa shape index (κ1) is 17.3. The van der Waals surface area contributed by atoms with E-state index in [0.29, 0.717) is 0 Å². The molecule has 0 aromatic carbocycles. The summed E-state index contributed by atoms with van der Waals surface area (Å²) in [5.41, 5.74) is 15.4. The fourth-order valence-corrected chi connectivity index (χ4v) is 0.999. The van der Waals surface area contributed by atoms with Gasteiger partial charge in [0.2, 0.25) is 17.8 Å². The molecule has 0 aliphatic heterocycles. The maximum absolute atomic E-state index is 11.5. The average molecular weight is 308 g/mol. The molecule has 0 amide bonds. The summed E-state index contributed by atoms with van der Waals surface area (Å²) in [4.78, 5) is 25.7. The summed E-state index contributed by atoms with van der Waals surface area (Å²) < 4.78 is 54.3. The van der Waals surface area contributed by atoms with Gasteiger partial charge in [0.15, 0.2) is 0 Å². The van der Waals surface area contributed by atoms with Crippen LogP contribution in [0.4, 0.5) is 35.4 Å². The van der Waals surface area contributed by atoms with Crippen molar-refractivity contribution in [2.45, 2.75) is 12.1 Å². The standard InChI is InChI=1S/C3H6N6.C2H3F4O3P/c4-1-7-2(5)9-3(6)8-1;3-1(2(4,5)6)10(7,8)9/h(H6,4,5,6,7,8,9);1H,(H2,7,8,9). The molecule has 0 aliphatic rings. The van der Waals surface area contributed by atoms with Crippen LogP contribution in [0.1, 0.15) is 0 Å². The Balaban J connectivity index is 0.000000342. The summed E-state index contributed by atoms with van der Waals surface area (Å²) in [5.74, 6) is -3.94. The second-order valence-corrected chi connectivity index (χ2v) is 4.51. The van der Waals surface area contributed by atoms with E-state index in [-0.39, 0.29) is 17.8 Å². The lowest BCUT2D eigenvalue weighted by atomic mass is 10.7. The summed E-state index contributed by atoms with van der Waals surface area (Å²) in [5, 5.41) is 0.